The Morgan fingerprint density at radius 1 is 1.47 bits per heavy atom. The van der Waals surface area contributed by atoms with Gasteiger partial charge in [0, 0.05) is 7.05 Å². The van der Waals surface area contributed by atoms with Gasteiger partial charge >= 0.3 is 0 Å². The maximum atomic E-state index is 11.9. The van der Waals surface area contributed by atoms with Crippen LogP contribution in [0.15, 0.2) is 11.4 Å². The number of anilines is 1. The molecule has 2 aromatic rings. The van der Waals surface area contributed by atoms with Crippen molar-refractivity contribution >= 4 is 27.0 Å². The molecule has 0 aliphatic carbocycles. The summed E-state index contributed by atoms with van der Waals surface area (Å²) in [6.07, 6.45) is 1.48. The standard InChI is InChI=1S/C10H15N5O2S2/c1-3-4-7-19(16,17)12-8-5-6-18-9(8)10-11-13-14-15(10)2/h5-6,12H,3-4,7H2,1-2H3. The number of thiophene rings is 1. The summed E-state index contributed by atoms with van der Waals surface area (Å²) in [5.74, 6) is 0.666. The van der Waals surface area contributed by atoms with Crippen molar-refractivity contribution in [3.05, 3.63) is 11.4 Å². The second-order valence-corrected chi connectivity index (χ2v) is 6.82. The fourth-order valence-corrected chi connectivity index (χ4v) is 3.74. The number of hydrogen-bond acceptors (Lipinski definition) is 6. The molecule has 0 saturated heterocycles. The predicted molar refractivity (Wildman–Crippen MR) is 74.4 cm³/mol. The monoisotopic (exact) mass is 301 g/mol. The minimum absolute atomic E-state index is 0.121. The Morgan fingerprint density at radius 2 is 2.26 bits per heavy atom. The highest BCUT2D eigenvalue weighted by molar-refractivity contribution is 7.92. The molecule has 0 saturated carbocycles. The van der Waals surface area contributed by atoms with Crippen LogP contribution in [-0.4, -0.2) is 34.4 Å². The second kappa shape index (κ2) is 5.66. The molecular weight excluding hydrogens is 286 g/mol. The summed E-state index contributed by atoms with van der Waals surface area (Å²) in [6, 6.07) is 1.72. The Kier molecular flexibility index (Phi) is 4.15. The smallest absolute Gasteiger partial charge is 0.232 e. The van der Waals surface area contributed by atoms with Gasteiger partial charge in [0.1, 0.15) is 0 Å². The number of rotatable bonds is 6. The first-order chi connectivity index (χ1) is 9.03. The lowest BCUT2D eigenvalue weighted by Gasteiger charge is -2.07. The van der Waals surface area contributed by atoms with Crippen LogP contribution in [0.4, 0.5) is 5.69 Å². The van der Waals surface area contributed by atoms with Crippen molar-refractivity contribution in [3.8, 4) is 10.7 Å². The van der Waals surface area contributed by atoms with E-state index in [9.17, 15) is 8.42 Å². The van der Waals surface area contributed by atoms with Gasteiger partial charge in [-0.3, -0.25) is 4.72 Å². The number of nitrogens with zero attached hydrogens (tertiary/aromatic N) is 4. The number of unbranched alkanes of at least 4 members (excludes halogenated alkanes) is 1. The predicted octanol–water partition coefficient (Wildman–Crippen LogP) is 1.48. The van der Waals surface area contributed by atoms with Crippen LogP contribution in [0.3, 0.4) is 0 Å². The number of tetrazole rings is 1. The average molecular weight is 301 g/mol. The van der Waals surface area contributed by atoms with Crippen LogP contribution in [-0.2, 0) is 17.1 Å². The topological polar surface area (TPSA) is 89.8 Å². The summed E-state index contributed by atoms with van der Waals surface area (Å²) < 4.78 is 27.9. The number of aromatic nitrogens is 4. The number of nitrogens with one attached hydrogen (secondary N) is 1. The van der Waals surface area contributed by atoms with Crippen LogP contribution in [0.1, 0.15) is 19.8 Å². The molecule has 0 aliphatic heterocycles. The molecule has 2 heterocycles. The first-order valence-corrected chi connectivity index (χ1v) is 8.37. The highest BCUT2D eigenvalue weighted by Gasteiger charge is 2.17. The van der Waals surface area contributed by atoms with Crippen molar-refractivity contribution < 1.29 is 8.42 Å². The molecule has 0 radical (unpaired) electrons. The van der Waals surface area contributed by atoms with E-state index in [0.29, 0.717) is 22.8 Å². The number of sulfonamides is 1. The van der Waals surface area contributed by atoms with Crippen LogP contribution in [0.25, 0.3) is 10.7 Å². The zero-order chi connectivity index (χ0) is 13.9. The number of hydrogen-bond donors (Lipinski definition) is 1. The van der Waals surface area contributed by atoms with Gasteiger partial charge in [0.05, 0.1) is 16.3 Å². The van der Waals surface area contributed by atoms with Crippen molar-refractivity contribution in [1.29, 1.82) is 0 Å². The van der Waals surface area contributed by atoms with Gasteiger partial charge in [-0.05, 0) is 28.3 Å². The van der Waals surface area contributed by atoms with Gasteiger partial charge in [-0.25, -0.2) is 13.1 Å². The first-order valence-electron chi connectivity index (χ1n) is 5.84. The van der Waals surface area contributed by atoms with Gasteiger partial charge < -0.3 is 0 Å². The highest BCUT2D eigenvalue weighted by Crippen LogP contribution is 2.32. The van der Waals surface area contributed by atoms with Crippen LogP contribution in [0.2, 0.25) is 0 Å². The van der Waals surface area contributed by atoms with Crippen LogP contribution in [0, 0.1) is 0 Å². The van der Waals surface area contributed by atoms with Crippen LogP contribution >= 0.6 is 11.3 Å². The van der Waals surface area contributed by atoms with Gasteiger partial charge in [-0.15, -0.1) is 16.4 Å². The van der Waals surface area contributed by atoms with Crippen LogP contribution < -0.4 is 4.72 Å². The summed E-state index contributed by atoms with van der Waals surface area (Å²) >= 11 is 1.40. The number of aryl methyl sites for hydroxylation is 1. The van der Waals surface area contributed by atoms with Crippen molar-refractivity contribution in [2.24, 2.45) is 7.05 Å². The van der Waals surface area contributed by atoms with E-state index in [1.165, 1.54) is 16.0 Å². The maximum Gasteiger partial charge on any atom is 0.232 e. The summed E-state index contributed by atoms with van der Waals surface area (Å²) in [7, 11) is -1.60. The minimum Gasteiger partial charge on any atom is -0.282 e. The molecule has 0 aliphatic rings. The Morgan fingerprint density at radius 3 is 2.89 bits per heavy atom. The van der Waals surface area contributed by atoms with Gasteiger partial charge in [-0.1, -0.05) is 13.3 Å². The van der Waals surface area contributed by atoms with Gasteiger partial charge in [0.15, 0.2) is 5.82 Å². The Bertz CT molecular complexity index is 646. The molecule has 0 fully saturated rings. The molecule has 0 aromatic carbocycles. The molecule has 0 unspecified atom stereocenters. The molecule has 7 nitrogen and oxygen atoms in total. The molecular formula is C10H15N5O2S2. The zero-order valence-corrected chi connectivity index (χ0v) is 12.3. The molecule has 2 aromatic heterocycles. The van der Waals surface area contributed by atoms with Crippen molar-refractivity contribution in [2.45, 2.75) is 19.8 Å². The molecule has 0 bridgehead atoms. The maximum absolute atomic E-state index is 11.9. The normalized spacial score (nSPS) is 11.7. The van der Waals surface area contributed by atoms with Gasteiger partial charge in [0.2, 0.25) is 10.0 Å². The van der Waals surface area contributed by atoms with Crippen molar-refractivity contribution in [3.63, 3.8) is 0 Å². The Labute approximate surface area is 115 Å². The lowest BCUT2D eigenvalue weighted by atomic mass is 10.4. The summed E-state index contributed by atoms with van der Waals surface area (Å²) in [4.78, 5) is 0.715. The fraction of sp³-hybridized carbons (Fsp3) is 0.500. The Hall–Kier alpha value is -1.48. The van der Waals surface area contributed by atoms with E-state index in [4.69, 9.17) is 0 Å². The molecule has 0 spiro atoms. The molecule has 0 atom stereocenters. The largest absolute Gasteiger partial charge is 0.282 e. The third kappa shape index (κ3) is 3.29. The average Bonchev–Trinajstić information content (AvgIpc) is 2.95. The first kappa shape index (κ1) is 13.9. The molecule has 19 heavy (non-hydrogen) atoms. The van der Waals surface area contributed by atoms with Crippen LogP contribution in [0.5, 0.6) is 0 Å². The van der Waals surface area contributed by atoms with E-state index in [0.717, 1.165) is 6.42 Å². The lowest BCUT2D eigenvalue weighted by molar-refractivity contribution is 0.598. The molecule has 1 N–H and O–H groups in total. The third-order valence-electron chi connectivity index (χ3n) is 2.52. The SMILES string of the molecule is CCCCS(=O)(=O)Nc1ccsc1-c1nnnn1C. The fourth-order valence-electron chi connectivity index (χ4n) is 1.54. The van der Waals surface area contributed by atoms with E-state index < -0.39 is 10.0 Å². The van der Waals surface area contributed by atoms with E-state index in [1.807, 2.05) is 12.3 Å². The second-order valence-electron chi connectivity index (χ2n) is 4.06. The quantitative estimate of drug-likeness (QED) is 0.873. The summed E-state index contributed by atoms with van der Waals surface area (Å²) in [6.45, 7) is 1.96. The molecule has 104 valence electrons. The molecule has 2 rings (SSSR count). The lowest BCUT2D eigenvalue weighted by Crippen LogP contribution is -2.16. The molecule has 0 amide bonds. The summed E-state index contributed by atoms with van der Waals surface area (Å²) in [5.41, 5.74) is 0.527. The van der Waals surface area contributed by atoms with Gasteiger partial charge in [0.25, 0.3) is 0 Å². The van der Waals surface area contributed by atoms with E-state index >= 15 is 0 Å². The van der Waals surface area contributed by atoms with E-state index in [-0.39, 0.29) is 5.75 Å². The zero-order valence-electron chi connectivity index (χ0n) is 10.7. The van der Waals surface area contributed by atoms with E-state index in [1.54, 1.807) is 13.1 Å². The van der Waals surface area contributed by atoms with Crippen molar-refractivity contribution in [1.82, 2.24) is 20.2 Å². The summed E-state index contributed by atoms with van der Waals surface area (Å²) in [5, 5.41) is 13.0. The minimum atomic E-state index is -3.31. The Balaban J connectivity index is 2.24. The van der Waals surface area contributed by atoms with Gasteiger partial charge in [-0.2, -0.15) is 0 Å². The highest BCUT2D eigenvalue weighted by atomic mass is 32.2. The van der Waals surface area contributed by atoms with E-state index in [2.05, 4.69) is 20.2 Å². The molecule has 9 heteroatoms. The van der Waals surface area contributed by atoms with Crippen molar-refractivity contribution in [2.75, 3.05) is 10.5 Å². The third-order valence-corrected chi connectivity index (χ3v) is 4.79.